The van der Waals surface area contributed by atoms with Gasteiger partial charge in [-0.25, -0.2) is 4.39 Å². The van der Waals surface area contributed by atoms with Crippen molar-refractivity contribution in [2.45, 2.75) is 0 Å². The van der Waals surface area contributed by atoms with Crippen LogP contribution in [0.25, 0.3) is 22.2 Å². The Kier molecular flexibility index (Phi) is 2.08. The zero-order valence-electron chi connectivity index (χ0n) is 8.94. The van der Waals surface area contributed by atoms with Crippen molar-refractivity contribution in [3.05, 3.63) is 48.3 Å². The molecule has 4 heteroatoms. The predicted molar refractivity (Wildman–Crippen MR) is 65.9 cm³/mol. The van der Waals surface area contributed by atoms with Crippen LogP contribution in [-0.4, -0.2) is 10.2 Å². The van der Waals surface area contributed by atoms with Gasteiger partial charge in [0, 0.05) is 16.6 Å². The number of nitrogens with one attached hydrogen (secondary N) is 1. The Balaban J connectivity index is 2.27. The zero-order valence-corrected chi connectivity index (χ0v) is 8.94. The first kappa shape index (κ1) is 9.84. The maximum absolute atomic E-state index is 13.2. The van der Waals surface area contributed by atoms with E-state index in [9.17, 15) is 4.39 Å². The molecular formula is C13H10FN3. The summed E-state index contributed by atoms with van der Waals surface area (Å²) in [5.41, 5.74) is 8.75. The number of H-pyrrole nitrogens is 1. The van der Waals surface area contributed by atoms with Crippen LogP contribution in [0.3, 0.4) is 0 Å². The van der Waals surface area contributed by atoms with E-state index in [0.29, 0.717) is 11.4 Å². The second-order valence-electron chi connectivity index (χ2n) is 3.89. The fourth-order valence-electron chi connectivity index (χ4n) is 1.89. The van der Waals surface area contributed by atoms with Crippen molar-refractivity contribution in [2.75, 3.05) is 5.73 Å². The van der Waals surface area contributed by atoms with E-state index in [1.165, 1.54) is 12.1 Å². The van der Waals surface area contributed by atoms with Gasteiger partial charge in [-0.15, -0.1) is 0 Å². The van der Waals surface area contributed by atoms with Gasteiger partial charge in [0.25, 0.3) is 0 Å². The van der Waals surface area contributed by atoms with Crippen molar-refractivity contribution in [3.63, 3.8) is 0 Å². The van der Waals surface area contributed by atoms with Gasteiger partial charge in [0.2, 0.25) is 0 Å². The van der Waals surface area contributed by atoms with Gasteiger partial charge >= 0.3 is 0 Å². The first-order valence-electron chi connectivity index (χ1n) is 5.23. The molecule has 0 aliphatic carbocycles. The minimum Gasteiger partial charge on any atom is -0.399 e. The highest BCUT2D eigenvalue weighted by molar-refractivity contribution is 5.94. The van der Waals surface area contributed by atoms with E-state index in [4.69, 9.17) is 5.73 Å². The van der Waals surface area contributed by atoms with Crippen molar-refractivity contribution in [3.8, 4) is 11.3 Å². The van der Waals surface area contributed by atoms with Crippen LogP contribution in [0.4, 0.5) is 10.1 Å². The molecule has 0 spiro atoms. The van der Waals surface area contributed by atoms with E-state index in [2.05, 4.69) is 10.2 Å². The standard InChI is InChI=1S/C13H10FN3/c14-9-3-1-2-8(6-9)13-11-7-10(15)4-5-12(11)16-17-13/h1-7H,15H2,(H,16,17). The van der Waals surface area contributed by atoms with Crippen LogP contribution in [0.15, 0.2) is 42.5 Å². The molecule has 3 N–H and O–H groups in total. The maximum atomic E-state index is 13.2. The molecule has 0 aliphatic rings. The van der Waals surface area contributed by atoms with Gasteiger partial charge in [-0.3, -0.25) is 5.10 Å². The van der Waals surface area contributed by atoms with E-state index in [0.717, 1.165) is 16.5 Å². The Morgan fingerprint density at radius 1 is 1.12 bits per heavy atom. The average Bonchev–Trinajstić information content (AvgIpc) is 2.71. The number of hydrogen-bond donors (Lipinski definition) is 2. The third kappa shape index (κ3) is 1.63. The molecule has 0 bridgehead atoms. The Morgan fingerprint density at radius 2 is 2.00 bits per heavy atom. The molecule has 1 heterocycles. The predicted octanol–water partition coefficient (Wildman–Crippen LogP) is 2.95. The number of aromatic amines is 1. The van der Waals surface area contributed by atoms with Crippen LogP contribution in [0.5, 0.6) is 0 Å². The Bertz CT molecular complexity index is 688. The van der Waals surface area contributed by atoms with E-state index < -0.39 is 0 Å². The molecule has 3 aromatic rings. The van der Waals surface area contributed by atoms with Crippen molar-refractivity contribution in [1.82, 2.24) is 10.2 Å². The summed E-state index contributed by atoms with van der Waals surface area (Å²) in [6.45, 7) is 0. The first-order valence-corrected chi connectivity index (χ1v) is 5.23. The highest BCUT2D eigenvalue weighted by atomic mass is 19.1. The summed E-state index contributed by atoms with van der Waals surface area (Å²) in [6.07, 6.45) is 0. The molecule has 2 aromatic carbocycles. The summed E-state index contributed by atoms with van der Waals surface area (Å²) in [4.78, 5) is 0. The van der Waals surface area contributed by atoms with Crippen LogP contribution in [0.1, 0.15) is 0 Å². The molecule has 0 saturated heterocycles. The quantitative estimate of drug-likeness (QED) is 0.628. The van der Waals surface area contributed by atoms with Crippen molar-refractivity contribution in [1.29, 1.82) is 0 Å². The number of nitrogens with two attached hydrogens (primary N) is 1. The lowest BCUT2D eigenvalue weighted by Gasteiger charge is -1.98. The molecule has 0 radical (unpaired) electrons. The number of benzene rings is 2. The van der Waals surface area contributed by atoms with E-state index in [1.54, 1.807) is 12.1 Å². The Morgan fingerprint density at radius 3 is 2.82 bits per heavy atom. The number of hydrogen-bond acceptors (Lipinski definition) is 2. The summed E-state index contributed by atoms with van der Waals surface area (Å²) >= 11 is 0. The third-order valence-electron chi connectivity index (χ3n) is 2.68. The average molecular weight is 227 g/mol. The summed E-state index contributed by atoms with van der Waals surface area (Å²) in [5, 5.41) is 8.00. The van der Waals surface area contributed by atoms with Crippen LogP contribution < -0.4 is 5.73 Å². The number of halogens is 1. The number of fused-ring (bicyclic) bond motifs is 1. The number of anilines is 1. The smallest absolute Gasteiger partial charge is 0.123 e. The lowest BCUT2D eigenvalue weighted by molar-refractivity contribution is 0.628. The molecular weight excluding hydrogens is 217 g/mol. The van der Waals surface area contributed by atoms with Gasteiger partial charge < -0.3 is 5.73 Å². The van der Waals surface area contributed by atoms with Crippen LogP contribution in [0.2, 0.25) is 0 Å². The van der Waals surface area contributed by atoms with E-state index >= 15 is 0 Å². The van der Waals surface area contributed by atoms with Crippen molar-refractivity contribution in [2.24, 2.45) is 0 Å². The molecule has 0 aliphatic heterocycles. The van der Waals surface area contributed by atoms with Gasteiger partial charge in [-0.05, 0) is 30.3 Å². The fraction of sp³-hybridized carbons (Fsp3) is 0. The molecule has 0 amide bonds. The molecule has 0 fully saturated rings. The lowest BCUT2D eigenvalue weighted by Crippen LogP contribution is -1.84. The first-order chi connectivity index (χ1) is 8.24. The number of rotatable bonds is 1. The normalized spacial score (nSPS) is 10.9. The van der Waals surface area contributed by atoms with Gasteiger partial charge in [0.15, 0.2) is 0 Å². The van der Waals surface area contributed by atoms with Gasteiger partial charge in [0.05, 0.1) is 5.52 Å². The fourth-order valence-corrected chi connectivity index (χ4v) is 1.89. The number of nitrogens with zero attached hydrogens (tertiary/aromatic N) is 1. The summed E-state index contributed by atoms with van der Waals surface area (Å²) in [7, 11) is 0. The van der Waals surface area contributed by atoms with Gasteiger partial charge in [-0.2, -0.15) is 5.10 Å². The van der Waals surface area contributed by atoms with Crippen LogP contribution in [0, 0.1) is 5.82 Å². The Labute approximate surface area is 97.1 Å². The molecule has 3 nitrogen and oxygen atoms in total. The molecule has 0 unspecified atom stereocenters. The largest absolute Gasteiger partial charge is 0.399 e. The monoisotopic (exact) mass is 227 g/mol. The number of aromatic nitrogens is 2. The van der Waals surface area contributed by atoms with Gasteiger partial charge in [0.1, 0.15) is 11.5 Å². The molecule has 84 valence electrons. The van der Waals surface area contributed by atoms with E-state index in [-0.39, 0.29) is 5.82 Å². The minimum atomic E-state index is -0.275. The highest BCUT2D eigenvalue weighted by Crippen LogP contribution is 2.27. The van der Waals surface area contributed by atoms with Crippen LogP contribution in [-0.2, 0) is 0 Å². The minimum absolute atomic E-state index is 0.275. The summed E-state index contributed by atoms with van der Waals surface area (Å²) in [6, 6.07) is 11.8. The summed E-state index contributed by atoms with van der Waals surface area (Å²) in [5.74, 6) is -0.275. The summed E-state index contributed by atoms with van der Waals surface area (Å²) < 4.78 is 13.2. The lowest BCUT2D eigenvalue weighted by atomic mass is 10.1. The molecule has 0 atom stereocenters. The van der Waals surface area contributed by atoms with Gasteiger partial charge in [-0.1, -0.05) is 12.1 Å². The van der Waals surface area contributed by atoms with Crippen molar-refractivity contribution >= 4 is 16.6 Å². The number of nitrogen functional groups attached to an aromatic ring is 1. The topological polar surface area (TPSA) is 54.7 Å². The molecule has 3 rings (SSSR count). The second kappa shape index (κ2) is 3.59. The zero-order chi connectivity index (χ0) is 11.8. The highest BCUT2D eigenvalue weighted by Gasteiger charge is 2.08. The maximum Gasteiger partial charge on any atom is 0.123 e. The molecule has 17 heavy (non-hydrogen) atoms. The SMILES string of the molecule is Nc1ccc2[nH]nc(-c3cccc(F)c3)c2c1. The van der Waals surface area contributed by atoms with Crippen LogP contribution >= 0.6 is 0 Å². The third-order valence-corrected chi connectivity index (χ3v) is 2.68. The van der Waals surface area contributed by atoms with E-state index in [1.807, 2.05) is 18.2 Å². The molecule has 0 saturated carbocycles. The molecule has 1 aromatic heterocycles. The second-order valence-corrected chi connectivity index (χ2v) is 3.89. The van der Waals surface area contributed by atoms with Crippen molar-refractivity contribution < 1.29 is 4.39 Å². The Hall–Kier alpha value is -2.36.